The van der Waals surface area contributed by atoms with Crippen LogP contribution in [0.25, 0.3) is 0 Å². The standard InChI is InChI=1S/C16H28N2O2/c1-5-10(3)14-16(20)18(12(6-2)15(19)17-14)13-9-7-8-11(13)4/h10-14H,5-9H2,1-4H3,(H,17,19). The van der Waals surface area contributed by atoms with Crippen molar-refractivity contribution < 1.29 is 9.59 Å². The van der Waals surface area contributed by atoms with Crippen LogP contribution in [-0.4, -0.2) is 34.8 Å². The van der Waals surface area contributed by atoms with Crippen molar-refractivity contribution in [1.29, 1.82) is 0 Å². The van der Waals surface area contributed by atoms with Gasteiger partial charge in [0, 0.05) is 6.04 Å². The van der Waals surface area contributed by atoms with E-state index < -0.39 is 0 Å². The van der Waals surface area contributed by atoms with Crippen LogP contribution in [0.2, 0.25) is 0 Å². The Balaban J connectivity index is 2.27. The second kappa shape index (κ2) is 6.15. The lowest BCUT2D eigenvalue weighted by Crippen LogP contribution is -2.67. The van der Waals surface area contributed by atoms with Gasteiger partial charge in [-0.2, -0.15) is 0 Å². The molecule has 0 aromatic rings. The van der Waals surface area contributed by atoms with Gasteiger partial charge in [0.05, 0.1) is 0 Å². The molecule has 5 unspecified atom stereocenters. The molecule has 0 aromatic heterocycles. The minimum atomic E-state index is -0.330. The highest BCUT2D eigenvalue weighted by molar-refractivity contribution is 5.97. The normalized spacial score (nSPS) is 36.1. The lowest BCUT2D eigenvalue weighted by Gasteiger charge is -2.44. The molecule has 2 aliphatic rings. The summed E-state index contributed by atoms with van der Waals surface area (Å²) in [5, 5.41) is 2.96. The monoisotopic (exact) mass is 280 g/mol. The molecule has 1 aliphatic carbocycles. The second-order valence-electron chi connectivity index (χ2n) is 6.52. The predicted octanol–water partition coefficient (Wildman–Crippen LogP) is 2.33. The largest absolute Gasteiger partial charge is 0.342 e. The summed E-state index contributed by atoms with van der Waals surface area (Å²) in [6, 6.07) is -0.346. The molecule has 1 saturated carbocycles. The van der Waals surface area contributed by atoms with Crippen LogP contribution >= 0.6 is 0 Å². The van der Waals surface area contributed by atoms with E-state index in [1.807, 2.05) is 18.7 Å². The van der Waals surface area contributed by atoms with E-state index in [1.54, 1.807) is 0 Å². The molecular formula is C16H28N2O2. The van der Waals surface area contributed by atoms with Crippen molar-refractivity contribution in [3.8, 4) is 0 Å². The van der Waals surface area contributed by atoms with Gasteiger partial charge in [-0.3, -0.25) is 9.59 Å². The number of carbonyl (C=O) groups is 2. The molecule has 2 amide bonds. The molecule has 1 aliphatic heterocycles. The lowest BCUT2D eigenvalue weighted by atomic mass is 9.91. The second-order valence-corrected chi connectivity index (χ2v) is 6.52. The van der Waals surface area contributed by atoms with E-state index in [9.17, 15) is 9.59 Å². The molecule has 0 radical (unpaired) electrons. The van der Waals surface area contributed by atoms with Gasteiger partial charge in [0.2, 0.25) is 11.8 Å². The fourth-order valence-corrected chi connectivity index (χ4v) is 3.69. The Morgan fingerprint density at radius 1 is 1.30 bits per heavy atom. The molecule has 2 rings (SSSR count). The summed E-state index contributed by atoms with van der Waals surface area (Å²) >= 11 is 0. The summed E-state index contributed by atoms with van der Waals surface area (Å²) < 4.78 is 0. The Hall–Kier alpha value is -1.06. The van der Waals surface area contributed by atoms with Gasteiger partial charge in [-0.15, -0.1) is 0 Å². The van der Waals surface area contributed by atoms with Gasteiger partial charge in [-0.25, -0.2) is 0 Å². The zero-order valence-corrected chi connectivity index (χ0v) is 13.2. The summed E-state index contributed by atoms with van der Waals surface area (Å²) in [5.74, 6) is 0.890. The van der Waals surface area contributed by atoms with Crippen LogP contribution in [0.5, 0.6) is 0 Å². The number of rotatable bonds is 4. The van der Waals surface area contributed by atoms with Crippen LogP contribution in [0.3, 0.4) is 0 Å². The summed E-state index contributed by atoms with van der Waals surface area (Å²) in [4.78, 5) is 27.2. The number of hydrogen-bond acceptors (Lipinski definition) is 2. The van der Waals surface area contributed by atoms with Crippen LogP contribution in [0, 0.1) is 11.8 Å². The fourth-order valence-electron chi connectivity index (χ4n) is 3.69. The van der Waals surface area contributed by atoms with Gasteiger partial charge in [0.25, 0.3) is 0 Å². The van der Waals surface area contributed by atoms with Crippen molar-refractivity contribution in [2.45, 2.75) is 77.9 Å². The van der Waals surface area contributed by atoms with E-state index in [0.717, 1.165) is 12.8 Å². The van der Waals surface area contributed by atoms with Crippen LogP contribution < -0.4 is 5.32 Å². The molecule has 0 spiro atoms. The van der Waals surface area contributed by atoms with Crippen LogP contribution in [-0.2, 0) is 9.59 Å². The third-order valence-electron chi connectivity index (χ3n) is 5.23. The van der Waals surface area contributed by atoms with Gasteiger partial charge in [-0.1, -0.05) is 40.5 Å². The summed E-state index contributed by atoms with van der Waals surface area (Å²) in [6.45, 7) is 8.32. The van der Waals surface area contributed by atoms with Gasteiger partial charge in [-0.05, 0) is 31.1 Å². The molecular weight excluding hydrogens is 252 g/mol. The lowest BCUT2D eigenvalue weighted by molar-refractivity contribution is -0.154. The Kier molecular flexibility index (Phi) is 4.71. The highest BCUT2D eigenvalue weighted by Crippen LogP contribution is 2.33. The first-order valence-electron chi connectivity index (χ1n) is 8.13. The number of nitrogens with zero attached hydrogens (tertiary/aromatic N) is 1. The van der Waals surface area contributed by atoms with E-state index >= 15 is 0 Å². The minimum Gasteiger partial charge on any atom is -0.342 e. The average Bonchev–Trinajstić information content (AvgIpc) is 2.85. The van der Waals surface area contributed by atoms with E-state index in [1.165, 1.54) is 12.8 Å². The molecule has 0 bridgehead atoms. The first-order valence-corrected chi connectivity index (χ1v) is 8.13. The quantitative estimate of drug-likeness (QED) is 0.859. The van der Waals surface area contributed by atoms with E-state index in [4.69, 9.17) is 0 Å². The smallest absolute Gasteiger partial charge is 0.246 e. The number of amides is 2. The zero-order valence-electron chi connectivity index (χ0n) is 13.2. The highest BCUT2D eigenvalue weighted by atomic mass is 16.2. The van der Waals surface area contributed by atoms with Crippen molar-refractivity contribution in [3.63, 3.8) is 0 Å². The number of hydrogen-bond donors (Lipinski definition) is 1. The van der Waals surface area contributed by atoms with Crippen LogP contribution in [0.15, 0.2) is 0 Å². The predicted molar refractivity (Wildman–Crippen MR) is 79.1 cm³/mol. The van der Waals surface area contributed by atoms with Crippen molar-refractivity contribution in [3.05, 3.63) is 0 Å². The molecule has 5 atom stereocenters. The Labute approximate surface area is 122 Å². The number of nitrogens with one attached hydrogen (secondary N) is 1. The van der Waals surface area contributed by atoms with Crippen molar-refractivity contribution in [2.75, 3.05) is 0 Å². The maximum atomic E-state index is 12.9. The van der Waals surface area contributed by atoms with Gasteiger partial charge >= 0.3 is 0 Å². The topological polar surface area (TPSA) is 49.4 Å². The SMILES string of the molecule is CCC(C)C1NC(=O)C(CC)N(C2CCCC2C)C1=O. The first kappa shape index (κ1) is 15.3. The van der Waals surface area contributed by atoms with Crippen LogP contribution in [0.4, 0.5) is 0 Å². The maximum absolute atomic E-state index is 12.9. The van der Waals surface area contributed by atoms with E-state index in [2.05, 4.69) is 19.2 Å². The molecule has 114 valence electrons. The van der Waals surface area contributed by atoms with Crippen molar-refractivity contribution in [2.24, 2.45) is 11.8 Å². The molecule has 0 aromatic carbocycles. The molecule has 20 heavy (non-hydrogen) atoms. The summed E-state index contributed by atoms with van der Waals surface area (Å²) in [7, 11) is 0. The van der Waals surface area contributed by atoms with Crippen LogP contribution in [0.1, 0.15) is 59.8 Å². The molecule has 4 heteroatoms. The fraction of sp³-hybridized carbons (Fsp3) is 0.875. The number of piperazine rings is 1. The molecule has 1 N–H and O–H groups in total. The van der Waals surface area contributed by atoms with Gasteiger partial charge in [0.15, 0.2) is 0 Å². The first-order chi connectivity index (χ1) is 9.51. The Bertz CT molecular complexity index is 383. The Morgan fingerprint density at radius 2 is 2.00 bits per heavy atom. The highest BCUT2D eigenvalue weighted by Gasteiger charge is 2.46. The van der Waals surface area contributed by atoms with Crippen molar-refractivity contribution >= 4 is 11.8 Å². The van der Waals surface area contributed by atoms with E-state index in [0.29, 0.717) is 12.3 Å². The van der Waals surface area contributed by atoms with Crippen molar-refractivity contribution in [1.82, 2.24) is 10.2 Å². The third-order valence-corrected chi connectivity index (χ3v) is 5.23. The van der Waals surface area contributed by atoms with Gasteiger partial charge < -0.3 is 10.2 Å². The maximum Gasteiger partial charge on any atom is 0.246 e. The average molecular weight is 280 g/mol. The van der Waals surface area contributed by atoms with E-state index in [-0.39, 0.29) is 35.9 Å². The van der Waals surface area contributed by atoms with Gasteiger partial charge in [0.1, 0.15) is 12.1 Å². The molecule has 1 heterocycles. The molecule has 2 fully saturated rings. The minimum absolute atomic E-state index is 0.0384. The Morgan fingerprint density at radius 3 is 2.50 bits per heavy atom. The zero-order chi connectivity index (χ0) is 14.9. The third kappa shape index (κ3) is 2.57. The number of carbonyl (C=O) groups excluding carboxylic acids is 2. The summed E-state index contributed by atoms with van der Waals surface area (Å²) in [5.41, 5.74) is 0. The molecule has 1 saturated heterocycles. The summed E-state index contributed by atoms with van der Waals surface area (Å²) in [6.07, 6.45) is 4.99. The molecule has 4 nitrogen and oxygen atoms in total.